The second kappa shape index (κ2) is 8.57. The van der Waals surface area contributed by atoms with Crippen molar-refractivity contribution >= 4 is 0 Å². The van der Waals surface area contributed by atoms with Gasteiger partial charge in [0, 0.05) is 24.9 Å². The third-order valence-corrected chi connectivity index (χ3v) is 4.66. The van der Waals surface area contributed by atoms with E-state index in [4.69, 9.17) is 4.98 Å². The molecule has 3 heteroatoms. The van der Waals surface area contributed by atoms with Crippen molar-refractivity contribution in [1.29, 1.82) is 0 Å². The maximum absolute atomic E-state index is 4.73. The first-order valence-corrected chi connectivity index (χ1v) is 8.94. The van der Waals surface area contributed by atoms with Crippen molar-refractivity contribution in [3.05, 3.63) is 18.2 Å². The van der Waals surface area contributed by atoms with Crippen molar-refractivity contribution in [2.45, 2.75) is 71.8 Å². The number of hydrogen-bond donors (Lipinski definition) is 1. The predicted molar refractivity (Wildman–Crippen MR) is 89.5 cm³/mol. The molecule has 0 radical (unpaired) electrons. The summed E-state index contributed by atoms with van der Waals surface area (Å²) in [7, 11) is 0. The first-order chi connectivity index (χ1) is 10.2. The zero-order valence-corrected chi connectivity index (χ0v) is 14.1. The molecule has 21 heavy (non-hydrogen) atoms. The summed E-state index contributed by atoms with van der Waals surface area (Å²) in [6, 6.07) is 0. The van der Waals surface area contributed by atoms with Crippen molar-refractivity contribution < 1.29 is 0 Å². The van der Waals surface area contributed by atoms with E-state index in [0.29, 0.717) is 5.92 Å². The molecule has 1 aliphatic rings. The third kappa shape index (κ3) is 4.84. The van der Waals surface area contributed by atoms with Gasteiger partial charge in [0.05, 0.1) is 0 Å². The van der Waals surface area contributed by atoms with Crippen molar-refractivity contribution in [2.75, 3.05) is 13.1 Å². The maximum Gasteiger partial charge on any atom is 0.112 e. The van der Waals surface area contributed by atoms with Crippen LogP contribution in [0.2, 0.25) is 0 Å². The van der Waals surface area contributed by atoms with Crippen LogP contribution in [0.1, 0.15) is 71.0 Å². The summed E-state index contributed by atoms with van der Waals surface area (Å²) < 4.78 is 2.39. The summed E-state index contributed by atoms with van der Waals surface area (Å²) in [6.45, 7) is 10.2. The number of nitrogens with zero attached hydrogens (tertiary/aromatic N) is 2. The van der Waals surface area contributed by atoms with Gasteiger partial charge in [0.2, 0.25) is 0 Å². The van der Waals surface area contributed by atoms with Crippen molar-refractivity contribution in [3.8, 4) is 0 Å². The van der Waals surface area contributed by atoms with Gasteiger partial charge in [0.1, 0.15) is 5.82 Å². The van der Waals surface area contributed by atoms with Crippen LogP contribution in [0.15, 0.2) is 12.4 Å². The first kappa shape index (κ1) is 16.5. The molecule has 1 fully saturated rings. The first-order valence-electron chi connectivity index (χ1n) is 8.94. The van der Waals surface area contributed by atoms with Crippen LogP contribution in [0.5, 0.6) is 0 Å². The summed E-state index contributed by atoms with van der Waals surface area (Å²) >= 11 is 0. The van der Waals surface area contributed by atoms with Gasteiger partial charge in [-0.3, -0.25) is 0 Å². The van der Waals surface area contributed by atoms with Crippen LogP contribution in [0.3, 0.4) is 0 Å². The molecule has 0 amide bonds. The molecule has 1 saturated carbocycles. The summed E-state index contributed by atoms with van der Waals surface area (Å²) in [5, 5.41) is 3.69. The van der Waals surface area contributed by atoms with Gasteiger partial charge in [-0.15, -0.1) is 0 Å². The lowest BCUT2D eigenvalue weighted by Crippen LogP contribution is -2.30. The third-order valence-electron chi connectivity index (χ3n) is 4.66. The van der Waals surface area contributed by atoms with E-state index in [9.17, 15) is 0 Å². The molecule has 1 aromatic rings. The fourth-order valence-corrected chi connectivity index (χ4v) is 3.61. The molecule has 1 aromatic heterocycles. The Balaban J connectivity index is 2.05. The Labute approximate surface area is 130 Å². The van der Waals surface area contributed by atoms with E-state index in [1.807, 2.05) is 6.20 Å². The molecule has 2 unspecified atom stereocenters. The van der Waals surface area contributed by atoms with Crippen molar-refractivity contribution in [1.82, 2.24) is 14.9 Å². The largest absolute Gasteiger partial charge is 0.335 e. The minimum atomic E-state index is 0.647. The lowest BCUT2D eigenvalue weighted by Gasteiger charge is -2.26. The number of imidazole rings is 1. The standard InChI is InChI=1S/C18H33N3/c1-4-11-21-12-10-20-18(21)17-9-7-5-6-8-16(17)14-19-13-15(2)3/h10,12,15-17,19H,4-9,11,13-14H2,1-3H3. The Morgan fingerprint density at radius 3 is 2.86 bits per heavy atom. The number of nitrogens with one attached hydrogen (secondary N) is 1. The lowest BCUT2D eigenvalue weighted by atomic mass is 9.87. The van der Waals surface area contributed by atoms with E-state index >= 15 is 0 Å². The van der Waals surface area contributed by atoms with Crippen LogP contribution in [-0.4, -0.2) is 22.6 Å². The lowest BCUT2D eigenvalue weighted by molar-refractivity contribution is 0.347. The van der Waals surface area contributed by atoms with Gasteiger partial charge in [-0.25, -0.2) is 4.98 Å². The smallest absolute Gasteiger partial charge is 0.112 e. The van der Waals surface area contributed by atoms with E-state index in [0.717, 1.165) is 31.5 Å². The average molecular weight is 291 g/mol. The number of hydrogen-bond acceptors (Lipinski definition) is 2. The molecule has 1 heterocycles. The van der Waals surface area contributed by atoms with Crippen LogP contribution in [-0.2, 0) is 6.54 Å². The molecule has 3 nitrogen and oxygen atoms in total. The van der Waals surface area contributed by atoms with Gasteiger partial charge < -0.3 is 9.88 Å². The van der Waals surface area contributed by atoms with E-state index in [1.54, 1.807) is 0 Å². The molecule has 2 rings (SSSR count). The van der Waals surface area contributed by atoms with E-state index in [2.05, 4.69) is 36.9 Å². The molecule has 0 saturated heterocycles. The van der Waals surface area contributed by atoms with Gasteiger partial charge >= 0.3 is 0 Å². The second-order valence-corrected chi connectivity index (χ2v) is 7.04. The highest BCUT2D eigenvalue weighted by Crippen LogP contribution is 2.35. The van der Waals surface area contributed by atoms with Crippen LogP contribution in [0.4, 0.5) is 0 Å². The highest BCUT2D eigenvalue weighted by atomic mass is 15.1. The number of aromatic nitrogens is 2. The molecule has 1 N–H and O–H groups in total. The summed E-state index contributed by atoms with van der Waals surface area (Å²) in [6.07, 6.45) is 12.2. The predicted octanol–water partition coefficient (Wildman–Crippen LogP) is 4.20. The van der Waals surface area contributed by atoms with Crippen molar-refractivity contribution in [3.63, 3.8) is 0 Å². The van der Waals surface area contributed by atoms with E-state index in [-0.39, 0.29) is 0 Å². The Morgan fingerprint density at radius 1 is 1.29 bits per heavy atom. The van der Waals surface area contributed by atoms with Crippen LogP contribution in [0, 0.1) is 11.8 Å². The van der Waals surface area contributed by atoms with Gasteiger partial charge in [-0.1, -0.05) is 40.0 Å². The Bertz CT molecular complexity index is 397. The van der Waals surface area contributed by atoms with Crippen LogP contribution in [0.25, 0.3) is 0 Å². The molecule has 0 bridgehead atoms. The molecular formula is C18H33N3. The normalized spacial score (nSPS) is 23.4. The fraction of sp³-hybridized carbons (Fsp3) is 0.833. The maximum atomic E-state index is 4.73. The van der Waals surface area contributed by atoms with Crippen LogP contribution < -0.4 is 5.32 Å². The molecular weight excluding hydrogens is 258 g/mol. The topological polar surface area (TPSA) is 29.9 Å². The minimum absolute atomic E-state index is 0.647. The Morgan fingerprint density at radius 2 is 2.10 bits per heavy atom. The summed E-state index contributed by atoms with van der Waals surface area (Å²) in [4.78, 5) is 4.73. The van der Waals surface area contributed by atoms with Gasteiger partial charge in [0.25, 0.3) is 0 Å². The summed E-state index contributed by atoms with van der Waals surface area (Å²) in [5.41, 5.74) is 0. The minimum Gasteiger partial charge on any atom is -0.335 e. The zero-order valence-electron chi connectivity index (χ0n) is 14.1. The number of rotatable bonds is 7. The molecule has 0 aliphatic heterocycles. The molecule has 2 atom stereocenters. The second-order valence-electron chi connectivity index (χ2n) is 7.04. The average Bonchev–Trinajstić information content (AvgIpc) is 2.77. The molecule has 1 aliphatic carbocycles. The van der Waals surface area contributed by atoms with Crippen LogP contribution >= 0.6 is 0 Å². The highest BCUT2D eigenvalue weighted by Gasteiger charge is 2.28. The fourth-order valence-electron chi connectivity index (χ4n) is 3.61. The van der Waals surface area contributed by atoms with Gasteiger partial charge in [0.15, 0.2) is 0 Å². The quantitative estimate of drug-likeness (QED) is 0.763. The molecule has 0 spiro atoms. The van der Waals surface area contributed by atoms with Gasteiger partial charge in [-0.2, -0.15) is 0 Å². The van der Waals surface area contributed by atoms with E-state index < -0.39 is 0 Å². The van der Waals surface area contributed by atoms with Gasteiger partial charge in [-0.05, 0) is 44.2 Å². The Hall–Kier alpha value is -0.830. The van der Waals surface area contributed by atoms with E-state index in [1.165, 1.54) is 44.3 Å². The monoisotopic (exact) mass is 291 g/mol. The SMILES string of the molecule is CCCn1ccnc1C1CCCCCC1CNCC(C)C. The Kier molecular flexibility index (Phi) is 6.75. The molecule has 120 valence electrons. The molecule has 0 aromatic carbocycles. The van der Waals surface area contributed by atoms with Crippen molar-refractivity contribution in [2.24, 2.45) is 11.8 Å². The highest BCUT2D eigenvalue weighted by molar-refractivity contribution is 5.04. The summed E-state index contributed by atoms with van der Waals surface area (Å²) in [5.74, 6) is 3.48. The zero-order chi connectivity index (χ0) is 15.1. The number of aryl methyl sites for hydroxylation is 1.